The summed E-state index contributed by atoms with van der Waals surface area (Å²) in [5.74, 6) is 0.659. The Bertz CT molecular complexity index is 769. The van der Waals surface area contributed by atoms with E-state index < -0.39 is 0 Å². The number of hydrogen-bond donors (Lipinski definition) is 3. The second-order valence-electron chi connectivity index (χ2n) is 5.29. The number of halogens is 1. The molecular formula is C18H20FN3O3S. The highest BCUT2D eigenvalue weighted by Crippen LogP contribution is 2.31. The first kappa shape index (κ1) is 19.5. The minimum absolute atomic E-state index is 0.198. The van der Waals surface area contributed by atoms with Gasteiger partial charge in [0.1, 0.15) is 5.82 Å². The average molecular weight is 377 g/mol. The van der Waals surface area contributed by atoms with Crippen molar-refractivity contribution in [2.24, 2.45) is 0 Å². The molecule has 0 saturated heterocycles. The van der Waals surface area contributed by atoms with Crippen molar-refractivity contribution in [3.63, 3.8) is 0 Å². The summed E-state index contributed by atoms with van der Waals surface area (Å²) in [7, 11) is 3.12. The highest BCUT2D eigenvalue weighted by molar-refractivity contribution is 7.80. The van der Waals surface area contributed by atoms with Gasteiger partial charge in [0.2, 0.25) is 5.91 Å². The van der Waals surface area contributed by atoms with Crippen LogP contribution in [0.1, 0.15) is 12.0 Å². The summed E-state index contributed by atoms with van der Waals surface area (Å²) < 4.78 is 23.4. The second kappa shape index (κ2) is 9.57. The van der Waals surface area contributed by atoms with Crippen LogP contribution in [0.4, 0.5) is 10.1 Å². The molecule has 0 aliphatic carbocycles. The van der Waals surface area contributed by atoms with E-state index in [1.807, 2.05) is 12.1 Å². The van der Waals surface area contributed by atoms with Gasteiger partial charge in [-0.05, 0) is 54.5 Å². The van der Waals surface area contributed by atoms with Crippen LogP contribution in [0, 0.1) is 5.82 Å². The van der Waals surface area contributed by atoms with Crippen molar-refractivity contribution in [3.8, 4) is 11.5 Å². The number of carbonyl (C=O) groups is 1. The maximum atomic E-state index is 12.9. The predicted octanol–water partition coefficient (Wildman–Crippen LogP) is 2.79. The molecule has 138 valence electrons. The molecule has 0 spiro atoms. The molecule has 0 aliphatic rings. The molecule has 0 radical (unpaired) electrons. The highest BCUT2D eigenvalue weighted by Gasteiger charge is 2.11. The number of benzene rings is 2. The van der Waals surface area contributed by atoms with Crippen molar-refractivity contribution in [1.29, 1.82) is 0 Å². The zero-order chi connectivity index (χ0) is 18.9. The number of hydrogen-bond acceptors (Lipinski definition) is 4. The number of para-hydroxylation sites is 1. The van der Waals surface area contributed by atoms with Crippen molar-refractivity contribution in [3.05, 3.63) is 53.8 Å². The molecule has 0 bridgehead atoms. The Morgan fingerprint density at radius 1 is 1.08 bits per heavy atom. The largest absolute Gasteiger partial charge is 0.493 e. The molecule has 0 aromatic heterocycles. The van der Waals surface area contributed by atoms with Gasteiger partial charge < -0.3 is 14.8 Å². The summed E-state index contributed by atoms with van der Waals surface area (Å²) in [6.45, 7) is 0. The molecule has 0 heterocycles. The van der Waals surface area contributed by atoms with Gasteiger partial charge in [-0.25, -0.2) is 4.39 Å². The van der Waals surface area contributed by atoms with Gasteiger partial charge in [0.25, 0.3) is 0 Å². The van der Waals surface area contributed by atoms with E-state index in [9.17, 15) is 9.18 Å². The van der Waals surface area contributed by atoms with E-state index >= 15 is 0 Å². The molecule has 8 heteroatoms. The van der Waals surface area contributed by atoms with E-state index in [0.29, 0.717) is 23.6 Å². The predicted molar refractivity (Wildman–Crippen MR) is 102 cm³/mol. The Morgan fingerprint density at radius 2 is 1.81 bits per heavy atom. The first-order chi connectivity index (χ1) is 12.5. The number of amides is 1. The van der Waals surface area contributed by atoms with Crippen molar-refractivity contribution in [2.45, 2.75) is 12.8 Å². The van der Waals surface area contributed by atoms with Crippen molar-refractivity contribution < 1.29 is 18.7 Å². The molecule has 2 aromatic rings. The number of aryl methyl sites for hydroxylation is 1. The first-order valence-electron chi connectivity index (χ1n) is 7.84. The molecular weight excluding hydrogens is 357 g/mol. The molecule has 2 rings (SSSR count). The van der Waals surface area contributed by atoms with Gasteiger partial charge in [-0.3, -0.25) is 15.6 Å². The Hall–Kier alpha value is -2.87. The smallest absolute Gasteiger partial charge is 0.238 e. The lowest BCUT2D eigenvalue weighted by molar-refractivity contribution is -0.121. The van der Waals surface area contributed by atoms with Gasteiger partial charge in [0.15, 0.2) is 16.6 Å². The zero-order valence-corrected chi connectivity index (χ0v) is 15.3. The fourth-order valence-corrected chi connectivity index (χ4v) is 2.45. The number of rotatable bonds is 6. The number of nitrogens with one attached hydrogen (secondary N) is 3. The Labute approximate surface area is 156 Å². The summed E-state index contributed by atoms with van der Waals surface area (Å²) >= 11 is 5.07. The molecule has 0 saturated carbocycles. The number of thiocarbonyl (C=S) groups is 1. The monoisotopic (exact) mass is 377 g/mol. The lowest BCUT2D eigenvalue weighted by Crippen LogP contribution is -2.43. The van der Waals surface area contributed by atoms with Gasteiger partial charge in [0, 0.05) is 12.1 Å². The number of methoxy groups -OCH3 is 2. The van der Waals surface area contributed by atoms with E-state index in [4.69, 9.17) is 21.7 Å². The van der Waals surface area contributed by atoms with E-state index in [-0.39, 0.29) is 23.3 Å². The normalized spacial score (nSPS) is 9.96. The zero-order valence-electron chi connectivity index (χ0n) is 14.5. The fourth-order valence-electron chi connectivity index (χ4n) is 2.28. The van der Waals surface area contributed by atoms with Gasteiger partial charge in [-0.15, -0.1) is 0 Å². The van der Waals surface area contributed by atoms with Crippen LogP contribution in [0.15, 0.2) is 42.5 Å². The second-order valence-corrected chi connectivity index (χ2v) is 5.70. The maximum Gasteiger partial charge on any atom is 0.238 e. The number of ether oxygens (including phenoxy) is 2. The van der Waals surface area contributed by atoms with Gasteiger partial charge in [-0.2, -0.15) is 0 Å². The van der Waals surface area contributed by atoms with E-state index in [0.717, 1.165) is 5.56 Å². The van der Waals surface area contributed by atoms with Crippen molar-refractivity contribution in [1.82, 2.24) is 10.9 Å². The van der Waals surface area contributed by atoms with Gasteiger partial charge in [-0.1, -0.05) is 12.1 Å². The summed E-state index contributed by atoms with van der Waals surface area (Å²) in [5.41, 5.74) is 6.60. The maximum absolute atomic E-state index is 12.9. The van der Waals surface area contributed by atoms with E-state index in [2.05, 4.69) is 16.2 Å². The molecule has 1 amide bonds. The molecule has 0 atom stereocenters. The molecule has 6 nitrogen and oxygen atoms in total. The van der Waals surface area contributed by atoms with Crippen LogP contribution in [0.2, 0.25) is 0 Å². The third-order valence-electron chi connectivity index (χ3n) is 3.52. The summed E-state index contributed by atoms with van der Waals surface area (Å²) in [4.78, 5) is 12.0. The van der Waals surface area contributed by atoms with E-state index in [1.54, 1.807) is 32.4 Å². The van der Waals surface area contributed by atoms with Crippen LogP contribution in [-0.4, -0.2) is 25.2 Å². The van der Waals surface area contributed by atoms with Crippen LogP contribution < -0.4 is 25.6 Å². The Kier molecular flexibility index (Phi) is 7.16. The topological polar surface area (TPSA) is 71.6 Å². The summed E-state index contributed by atoms with van der Waals surface area (Å²) in [6, 6.07) is 11.2. The fraction of sp³-hybridized carbons (Fsp3) is 0.222. The lowest BCUT2D eigenvalue weighted by atomic mass is 10.1. The third kappa shape index (κ3) is 5.59. The van der Waals surface area contributed by atoms with Gasteiger partial charge >= 0.3 is 0 Å². The summed E-state index contributed by atoms with van der Waals surface area (Å²) in [5, 5.41) is 3.03. The van der Waals surface area contributed by atoms with E-state index in [1.165, 1.54) is 12.1 Å². The van der Waals surface area contributed by atoms with Crippen LogP contribution in [-0.2, 0) is 11.2 Å². The summed E-state index contributed by atoms with van der Waals surface area (Å²) in [6.07, 6.45) is 0.710. The Morgan fingerprint density at radius 3 is 2.46 bits per heavy atom. The Balaban J connectivity index is 1.80. The standard InChI is InChI=1S/C18H20FN3O3S/c1-24-15-5-3-4-12(17(15)25-2)6-11-16(23)21-22-18(26)20-14-9-7-13(19)8-10-14/h3-5,7-10H,6,11H2,1-2H3,(H,21,23)(H2,20,22,26). The molecule has 0 fully saturated rings. The minimum Gasteiger partial charge on any atom is -0.493 e. The van der Waals surface area contributed by atoms with Crippen LogP contribution >= 0.6 is 12.2 Å². The van der Waals surface area contributed by atoms with Crippen LogP contribution in [0.25, 0.3) is 0 Å². The lowest BCUT2D eigenvalue weighted by Gasteiger charge is -2.13. The average Bonchev–Trinajstić information content (AvgIpc) is 2.66. The number of anilines is 1. The van der Waals surface area contributed by atoms with Crippen molar-refractivity contribution in [2.75, 3.05) is 19.5 Å². The minimum atomic E-state index is -0.337. The molecule has 0 aliphatic heterocycles. The number of carbonyl (C=O) groups excluding carboxylic acids is 1. The molecule has 2 aromatic carbocycles. The SMILES string of the molecule is COc1cccc(CCC(=O)NNC(=S)Nc2ccc(F)cc2)c1OC. The quantitative estimate of drug-likeness (QED) is 0.531. The first-order valence-corrected chi connectivity index (χ1v) is 8.25. The van der Waals surface area contributed by atoms with Crippen molar-refractivity contribution >= 4 is 28.9 Å². The highest BCUT2D eigenvalue weighted by atomic mass is 32.1. The molecule has 26 heavy (non-hydrogen) atoms. The van der Waals surface area contributed by atoms with Gasteiger partial charge in [0.05, 0.1) is 14.2 Å². The molecule has 0 unspecified atom stereocenters. The van der Waals surface area contributed by atoms with Crippen LogP contribution in [0.3, 0.4) is 0 Å². The van der Waals surface area contributed by atoms with Crippen LogP contribution in [0.5, 0.6) is 11.5 Å². The molecule has 3 N–H and O–H groups in total. The number of hydrazine groups is 1. The third-order valence-corrected chi connectivity index (χ3v) is 3.73.